The third-order valence-corrected chi connectivity index (χ3v) is 0. The Labute approximate surface area is 88.0 Å². The molecule has 0 aromatic rings. The zero-order valence-corrected chi connectivity index (χ0v) is 8.58. The van der Waals surface area contributed by atoms with Gasteiger partial charge in [0.25, 0.3) is 0 Å². The van der Waals surface area contributed by atoms with Crippen LogP contribution in [0.15, 0.2) is 0 Å². The normalized spacial score (nSPS) is 0. The molecule has 7 heteroatoms. The second kappa shape index (κ2) is 92.7. The summed E-state index contributed by atoms with van der Waals surface area (Å²) in [6, 6.07) is 0. The molecule has 2 N–H and O–H groups in total. The molecule has 0 spiro atoms. The zero-order valence-electron chi connectivity index (χ0n) is 2.80. The van der Waals surface area contributed by atoms with Gasteiger partial charge in [0.2, 0.25) is 0 Å². The second-order valence-corrected chi connectivity index (χ2v) is 0. The van der Waals surface area contributed by atoms with Crippen molar-refractivity contribution in [3.63, 3.8) is 0 Å². The third-order valence-electron chi connectivity index (χ3n) is 0. The molecule has 0 saturated carbocycles. The molecule has 0 atom stereocenters. The summed E-state index contributed by atoms with van der Waals surface area (Å²) in [6.45, 7) is 0. The number of hydrogen-bond acceptors (Lipinski definition) is 0. The van der Waals surface area contributed by atoms with Crippen LogP contribution in [0.25, 0.3) is 0 Å². The van der Waals surface area contributed by atoms with Crippen molar-refractivity contribution in [1.29, 1.82) is 0 Å². The average Bonchev–Trinajstić information content (AvgIpc) is 0. The minimum absolute atomic E-state index is 0. The van der Waals surface area contributed by atoms with Gasteiger partial charge in [0.05, 0.1) is 0 Å². The summed E-state index contributed by atoms with van der Waals surface area (Å²) in [6.07, 6.45) is 0. The van der Waals surface area contributed by atoms with Crippen LogP contribution in [0.3, 0.4) is 0 Å². The Kier molecular flexibility index (Phi) is 1790. The standard InChI is InChI=1S/5ClH.Mo.H2O/h5*1H;;1H2/q;;;;;+3;/p-5. The zero-order chi connectivity index (χ0) is 0. The molecule has 0 aromatic heterocycles. The Balaban J connectivity index is 0. The van der Waals surface area contributed by atoms with E-state index in [1.807, 2.05) is 0 Å². The van der Waals surface area contributed by atoms with Crippen LogP contribution < -0.4 is 62.0 Å². The minimum atomic E-state index is 0. The summed E-state index contributed by atoms with van der Waals surface area (Å²) < 4.78 is 0. The summed E-state index contributed by atoms with van der Waals surface area (Å²) in [5.41, 5.74) is 0. The molecule has 0 bridgehead atoms. The number of halogens is 5. The van der Waals surface area contributed by atoms with Crippen LogP contribution in [0.1, 0.15) is 0 Å². The quantitative estimate of drug-likeness (QED) is 0.397. The summed E-state index contributed by atoms with van der Waals surface area (Å²) >= 11 is 0. The first-order chi connectivity index (χ1) is 0. The fourth-order valence-corrected chi connectivity index (χ4v) is 0. The third kappa shape index (κ3) is 68.4. The van der Waals surface area contributed by atoms with Crippen molar-refractivity contribution >= 4 is 0 Å². The van der Waals surface area contributed by atoms with Crippen LogP contribution in [-0.4, -0.2) is 5.48 Å². The van der Waals surface area contributed by atoms with Gasteiger partial charge in [-0.1, -0.05) is 0 Å². The van der Waals surface area contributed by atoms with Gasteiger partial charge in [-0.2, -0.15) is 0 Å². The Hall–Kier alpha value is 2.10. The SMILES string of the molecule is O.[Cl-].[Cl-].[Cl-].[Cl-].[Cl-].[Mo+3]. The Morgan fingerprint density at radius 3 is 0.429 bits per heavy atom. The summed E-state index contributed by atoms with van der Waals surface area (Å²) in [5, 5.41) is 0. The Morgan fingerprint density at radius 2 is 0.429 bits per heavy atom. The van der Waals surface area contributed by atoms with E-state index >= 15 is 0 Å². The van der Waals surface area contributed by atoms with Gasteiger partial charge < -0.3 is 67.5 Å². The number of rotatable bonds is 0. The monoisotopic (exact) mass is 291 g/mol. The largest absolute Gasteiger partial charge is 3.00 e. The minimum Gasteiger partial charge on any atom is -1.00 e. The van der Waals surface area contributed by atoms with Crippen molar-refractivity contribution in [2.75, 3.05) is 0 Å². The smallest absolute Gasteiger partial charge is 1.00 e. The summed E-state index contributed by atoms with van der Waals surface area (Å²) in [4.78, 5) is 0. The molecule has 0 aliphatic heterocycles. The Bertz CT molecular complexity index is 8.04. The van der Waals surface area contributed by atoms with Crippen molar-refractivity contribution in [2.45, 2.75) is 0 Å². The van der Waals surface area contributed by atoms with Crippen molar-refractivity contribution < 1.29 is 88.6 Å². The first-order valence-electron chi connectivity index (χ1n) is 0. The molecule has 0 heterocycles. The fraction of sp³-hybridized carbons (Fsp3) is 0. The van der Waals surface area contributed by atoms with E-state index in [4.69, 9.17) is 0 Å². The van der Waals surface area contributed by atoms with Gasteiger partial charge in [0.15, 0.2) is 0 Å². The van der Waals surface area contributed by atoms with Gasteiger partial charge in [-0.25, -0.2) is 0 Å². The topological polar surface area (TPSA) is 31.5 Å². The molecular formula is H2Cl5MoO-2. The second-order valence-electron chi connectivity index (χ2n) is 0. The van der Waals surface area contributed by atoms with Gasteiger partial charge in [-0.05, 0) is 0 Å². The molecule has 1 nitrogen and oxygen atoms in total. The van der Waals surface area contributed by atoms with E-state index in [9.17, 15) is 0 Å². The van der Waals surface area contributed by atoms with E-state index in [0.717, 1.165) is 0 Å². The summed E-state index contributed by atoms with van der Waals surface area (Å²) in [5.74, 6) is 0. The van der Waals surface area contributed by atoms with Crippen molar-refractivity contribution in [1.82, 2.24) is 0 Å². The summed E-state index contributed by atoms with van der Waals surface area (Å²) in [7, 11) is 0. The first-order valence-corrected chi connectivity index (χ1v) is 0. The molecular weight excluding hydrogens is 289 g/mol. The molecule has 0 rings (SSSR count). The molecule has 0 fully saturated rings. The van der Waals surface area contributed by atoms with E-state index in [0.29, 0.717) is 0 Å². The molecule has 0 aliphatic carbocycles. The molecule has 0 aromatic carbocycles. The fourth-order valence-electron chi connectivity index (χ4n) is 0. The van der Waals surface area contributed by atoms with Crippen molar-refractivity contribution in [3.05, 3.63) is 0 Å². The van der Waals surface area contributed by atoms with Gasteiger partial charge in [0.1, 0.15) is 0 Å². The predicted molar refractivity (Wildman–Crippen MR) is 3.61 cm³/mol. The van der Waals surface area contributed by atoms with E-state index in [1.54, 1.807) is 0 Å². The predicted octanol–water partition coefficient (Wildman–Crippen LogP) is -15.8. The van der Waals surface area contributed by atoms with Gasteiger partial charge >= 0.3 is 21.1 Å². The molecule has 0 aliphatic rings. The maximum Gasteiger partial charge on any atom is 3.00 e. The average molecular weight is 291 g/mol. The number of hydrogen-bond donors (Lipinski definition) is 0. The maximum absolute atomic E-state index is 0. The van der Waals surface area contributed by atoms with Gasteiger partial charge in [0, 0.05) is 0 Å². The molecule has 0 saturated heterocycles. The van der Waals surface area contributed by atoms with Crippen LogP contribution in [-0.2, 0) is 21.1 Å². The Morgan fingerprint density at radius 1 is 0.429 bits per heavy atom. The van der Waals surface area contributed by atoms with Crippen LogP contribution in [0.2, 0.25) is 0 Å². The van der Waals surface area contributed by atoms with Crippen LogP contribution in [0, 0.1) is 0 Å². The first kappa shape index (κ1) is 136. The molecule has 1 radical (unpaired) electrons. The van der Waals surface area contributed by atoms with Crippen molar-refractivity contribution in [3.8, 4) is 0 Å². The van der Waals surface area contributed by atoms with E-state index in [-0.39, 0.29) is 88.6 Å². The van der Waals surface area contributed by atoms with E-state index in [1.165, 1.54) is 0 Å². The van der Waals surface area contributed by atoms with Crippen LogP contribution >= 0.6 is 0 Å². The maximum atomic E-state index is 0. The van der Waals surface area contributed by atoms with Crippen molar-refractivity contribution in [2.24, 2.45) is 0 Å². The molecule has 0 unspecified atom stereocenters. The molecule has 7 heavy (non-hydrogen) atoms. The van der Waals surface area contributed by atoms with Gasteiger partial charge in [-0.3, -0.25) is 0 Å². The van der Waals surface area contributed by atoms with E-state index < -0.39 is 0 Å². The molecule has 51 valence electrons. The molecule has 0 amide bonds. The van der Waals surface area contributed by atoms with Gasteiger partial charge in [-0.15, -0.1) is 0 Å². The van der Waals surface area contributed by atoms with Crippen LogP contribution in [0.5, 0.6) is 0 Å². The van der Waals surface area contributed by atoms with Crippen LogP contribution in [0.4, 0.5) is 0 Å². The van der Waals surface area contributed by atoms with E-state index in [2.05, 4.69) is 0 Å².